The highest BCUT2D eigenvalue weighted by Gasteiger charge is 2.24. The maximum atomic E-state index is 12.4. The van der Waals surface area contributed by atoms with Crippen LogP contribution in [0.2, 0.25) is 0 Å². The van der Waals surface area contributed by atoms with E-state index >= 15 is 0 Å². The molecule has 43 heavy (non-hydrogen) atoms. The van der Waals surface area contributed by atoms with Gasteiger partial charge in [0.15, 0.2) is 0 Å². The molecule has 10 heteroatoms. The number of fused-ring (bicyclic) bond motifs is 1. The van der Waals surface area contributed by atoms with E-state index in [4.69, 9.17) is 14.5 Å². The van der Waals surface area contributed by atoms with Crippen molar-refractivity contribution in [2.24, 2.45) is 0 Å². The van der Waals surface area contributed by atoms with Gasteiger partial charge in [0.25, 0.3) is 0 Å². The number of amides is 1. The van der Waals surface area contributed by atoms with Gasteiger partial charge >= 0.3 is 5.97 Å². The summed E-state index contributed by atoms with van der Waals surface area (Å²) in [7, 11) is 0. The molecule has 3 aromatic carbocycles. The minimum Gasteiger partial charge on any atom is -0.489 e. The third-order valence-electron chi connectivity index (χ3n) is 7.87. The summed E-state index contributed by atoms with van der Waals surface area (Å²) in [5.74, 6) is 0.648. The van der Waals surface area contributed by atoms with Gasteiger partial charge in [-0.2, -0.15) is 0 Å². The topological polar surface area (TPSA) is 97.1 Å². The molecule has 0 spiro atoms. The number of thiophene rings is 1. The molecule has 0 bridgehead atoms. The van der Waals surface area contributed by atoms with Crippen molar-refractivity contribution >= 4 is 44.9 Å². The number of aromatic nitrogens is 2. The van der Waals surface area contributed by atoms with E-state index < -0.39 is 5.97 Å². The van der Waals surface area contributed by atoms with Crippen molar-refractivity contribution in [2.45, 2.75) is 19.4 Å². The average molecular weight is 595 g/mol. The second kappa shape index (κ2) is 11.5. The fraction of sp³-hybridized carbons (Fsp3) is 0.242. The van der Waals surface area contributed by atoms with Gasteiger partial charge < -0.3 is 24.4 Å². The van der Waals surface area contributed by atoms with Gasteiger partial charge in [0, 0.05) is 54.2 Å². The van der Waals surface area contributed by atoms with Crippen molar-refractivity contribution in [3.05, 3.63) is 89.3 Å². The predicted octanol–water partition coefficient (Wildman–Crippen LogP) is 5.99. The van der Waals surface area contributed by atoms with Crippen molar-refractivity contribution in [1.29, 1.82) is 0 Å². The predicted molar refractivity (Wildman–Crippen MR) is 167 cm³/mol. The van der Waals surface area contributed by atoms with E-state index in [2.05, 4.69) is 17.0 Å². The van der Waals surface area contributed by atoms with Crippen molar-refractivity contribution in [3.8, 4) is 22.8 Å². The summed E-state index contributed by atoms with van der Waals surface area (Å²) in [6, 6.07) is 25.5. The van der Waals surface area contributed by atoms with Crippen molar-refractivity contribution in [3.63, 3.8) is 0 Å². The molecule has 2 saturated heterocycles. The Morgan fingerprint density at radius 1 is 0.953 bits per heavy atom. The molecule has 1 amide bonds. The number of aromatic carboxylic acids is 1. The number of hydrogen-bond donors (Lipinski definition) is 1. The molecule has 4 heterocycles. The maximum absolute atomic E-state index is 12.4. The minimum atomic E-state index is -0.958. The number of carbonyl (C=O) groups is 2. The summed E-state index contributed by atoms with van der Waals surface area (Å²) in [6.45, 7) is 4.08. The Morgan fingerprint density at radius 2 is 1.74 bits per heavy atom. The Bertz CT molecular complexity index is 1790. The molecule has 0 radical (unpaired) electrons. The van der Waals surface area contributed by atoms with Gasteiger partial charge in [0.1, 0.15) is 33.4 Å². The van der Waals surface area contributed by atoms with E-state index in [0.29, 0.717) is 37.5 Å². The van der Waals surface area contributed by atoms with Crippen LogP contribution in [0.3, 0.4) is 0 Å². The Balaban J connectivity index is 1.17. The van der Waals surface area contributed by atoms with E-state index in [0.717, 1.165) is 64.9 Å². The minimum absolute atomic E-state index is 0.162. The Labute approximate surface area is 252 Å². The Kier molecular flexibility index (Phi) is 7.30. The lowest BCUT2D eigenvalue weighted by molar-refractivity contribution is -0.117. The summed E-state index contributed by atoms with van der Waals surface area (Å²) < 4.78 is 13.9. The zero-order valence-electron chi connectivity index (χ0n) is 23.4. The van der Waals surface area contributed by atoms with Gasteiger partial charge in [-0.05, 0) is 67.1 Å². The highest BCUT2D eigenvalue weighted by atomic mass is 32.1. The van der Waals surface area contributed by atoms with Crippen LogP contribution in [0.5, 0.6) is 5.75 Å². The molecular weight excluding hydrogens is 564 g/mol. The largest absolute Gasteiger partial charge is 0.489 e. The number of hydrogen-bond acceptors (Lipinski definition) is 7. The molecule has 0 aliphatic carbocycles. The van der Waals surface area contributed by atoms with E-state index in [1.165, 1.54) is 11.3 Å². The van der Waals surface area contributed by atoms with Crippen molar-refractivity contribution < 1.29 is 24.2 Å². The van der Waals surface area contributed by atoms with E-state index in [1.807, 2.05) is 70.1 Å². The van der Waals surface area contributed by atoms with Crippen LogP contribution in [0.15, 0.2) is 78.9 Å². The molecule has 218 valence electrons. The quantitative estimate of drug-likeness (QED) is 0.236. The summed E-state index contributed by atoms with van der Waals surface area (Å²) in [4.78, 5) is 34.1. The number of para-hydroxylation sites is 1. The van der Waals surface area contributed by atoms with Crippen LogP contribution >= 0.6 is 11.3 Å². The zero-order chi connectivity index (χ0) is 29.3. The molecule has 0 unspecified atom stereocenters. The molecule has 2 fully saturated rings. The van der Waals surface area contributed by atoms with Gasteiger partial charge in [0.2, 0.25) is 5.91 Å². The smallest absolute Gasteiger partial charge is 0.346 e. The molecule has 2 aliphatic rings. The number of anilines is 2. The number of carbonyl (C=O) groups excluding carboxylic acids is 1. The molecular formula is C33H30N4O5S. The van der Waals surface area contributed by atoms with Crippen molar-refractivity contribution in [2.75, 3.05) is 42.6 Å². The number of imidazole rings is 1. The molecule has 0 atom stereocenters. The first kappa shape index (κ1) is 27.2. The van der Waals surface area contributed by atoms with Crippen LogP contribution < -0.4 is 14.5 Å². The summed E-state index contributed by atoms with van der Waals surface area (Å²) in [5, 5.41) is 9.52. The second-order valence-electron chi connectivity index (χ2n) is 10.6. The second-order valence-corrected chi connectivity index (χ2v) is 11.6. The van der Waals surface area contributed by atoms with Crippen LogP contribution in [0.4, 0.5) is 11.4 Å². The SMILES string of the molecule is O=C(O)c1cc2nc(-c3ccc(OCc4cc(N5CCCC5=O)ccc4N4CCOCC4)cc3)n(-c3ccccc3)c2s1. The Hall–Kier alpha value is -4.67. The third kappa shape index (κ3) is 5.35. The molecule has 1 N–H and O–H groups in total. The molecule has 5 aromatic rings. The number of benzene rings is 3. The first-order valence-corrected chi connectivity index (χ1v) is 15.2. The standard InChI is InChI=1S/C33H30N4O5S/c38-30-7-4-14-36(30)25-10-13-28(35-15-17-41-18-16-35)23(19-25)21-42-26-11-8-22(9-12-26)31-34-27-20-29(33(39)40)43-32(27)37(31)24-5-2-1-3-6-24/h1-3,5-6,8-13,19-20H,4,7,14-18,21H2,(H,39,40). The van der Waals surface area contributed by atoms with E-state index in [-0.39, 0.29) is 10.8 Å². The number of carboxylic acid groups (broad SMARTS) is 1. The summed E-state index contributed by atoms with van der Waals surface area (Å²) in [5.41, 5.74) is 5.48. The van der Waals surface area contributed by atoms with Gasteiger partial charge in [-0.3, -0.25) is 9.36 Å². The first-order chi connectivity index (χ1) is 21.0. The highest BCUT2D eigenvalue weighted by molar-refractivity contribution is 7.20. The van der Waals surface area contributed by atoms with Gasteiger partial charge in [-0.1, -0.05) is 18.2 Å². The fourth-order valence-corrected chi connectivity index (χ4v) is 6.70. The highest BCUT2D eigenvalue weighted by Crippen LogP contribution is 2.35. The summed E-state index contributed by atoms with van der Waals surface area (Å²) >= 11 is 1.21. The van der Waals surface area contributed by atoms with E-state index in [1.54, 1.807) is 6.07 Å². The number of nitrogens with zero attached hydrogens (tertiary/aromatic N) is 4. The molecule has 0 saturated carbocycles. The van der Waals surface area contributed by atoms with Gasteiger partial charge in [-0.15, -0.1) is 11.3 Å². The van der Waals surface area contributed by atoms with Gasteiger partial charge in [0.05, 0.1) is 13.2 Å². The third-order valence-corrected chi connectivity index (χ3v) is 8.96. The van der Waals surface area contributed by atoms with Crippen LogP contribution in [-0.2, 0) is 16.1 Å². The summed E-state index contributed by atoms with van der Waals surface area (Å²) in [6.07, 6.45) is 1.47. The molecule has 2 aliphatic heterocycles. The number of carboxylic acids is 1. The number of morpholine rings is 1. The number of rotatable bonds is 8. The molecule has 7 rings (SSSR count). The zero-order valence-corrected chi connectivity index (χ0v) is 24.3. The van der Waals surface area contributed by atoms with Crippen LogP contribution in [0.25, 0.3) is 27.4 Å². The van der Waals surface area contributed by atoms with Crippen LogP contribution in [0.1, 0.15) is 28.1 Å². The van der Waals surface area contributed by atoms with Crippen LogP contribution in [-0.4, -0.2) is 59.4 Å². The van der Waals surface area contributed by atoms with E-state index in [9.17, 15) is 14.7 Å². The number of ether oxygens (including phenoxy) is 2. The lowest BCUT2D eigenvalue weighted by Crippen LogP contribution is -2.37. The van der Waals surface area contributed by atoms with Gasteiger partial charge in [-0.25, -0.2) is 9.78 Å². The average Bonchev–Trinajstić information content (AvgIpc) is 3.76. The van der Waals surface area contributed by atoms with Crippen LogP contribution in [0, 0.1) is 0 Å². The fourth-order valence-electron chi connectivity index (χ4n) is 5.74. The lowest BCUT2D eigenvalue weighted by atomic mass is 10.1. The molecule has 2 aromatic heterocycles. The Morgan fingerprint density at radius 3 is 2.47 bits per heavy atom. The lowest BCUT2D eigenvalue weighted by Gasteiger charge is -2.31. The van der Waals surface area contributed by atoms with Crippen molar-refractivity contribution in [1.82, 2.24) is 9.55 Å². The normalized spacial score (nSPS) is 15.4. The monoisotopic (exact) mass is 594 g/mol. The molecule has 9 nitrogen and oxygen atoms in total. The maximum Gasteiger partial charge on any atom is 0.346 e. The first-order valence-electron chi connectivity index (χ1n) is 14.4.